The molecule has 7 nitrogen and oxygen atoms in total. The van der Waals surface area contributed by atoms with Crippen molar-refractivity contribution in [1.82, 2.24) is 20.4 Å². The lowest BCUT2D eigenvalue weighted by Crippen LogP contribution is -2.53. The van der Waals surface area contributed by atoms with E-state index in [4.69, 9.17) is 9.73 Å². The molecule has 0 saturated carbocycles. The van der Waals surface area contributed by atoms with Gasteiger partial charge in [-0.25, -0.2) is 0 Å². The largest absolute Gasteiger partial charge is 0.497 e. The molecular weight excluding hydrogens is 491 g/mol. The van der Waals surface area contributed by atoms with Crippen LogP contribution in [0.3, 0.4) is 0 Å². The Hall–Kier alpha value is -1.26. The fourth-order valence-corrected chi connectivity index (χ4v) is 4.15. The number of hydrogen-bond acceptors (Lipinski definition) is 5. The molecule has 2 aliphatic heterocycles. The molecule has 0 bridgehead atoms. The first kappa shape index (κ1) is 25.0. The number of ether oxygens (including phenoxy) is 1. The fraction of sp³-hybridized carbons (Fsp3) is 0.682. The summed E-state index contributed by atoms with van der Waals surface area (Å²) in [6.45, 7) is 9.20. The van der Waals surface area contributed by atoms with Gasteiger partial charge in [0, 0.05) is 63.1 Å². The van der Waals surface area contributed by atoms with Crippen LogP contribution < -0.4 is 20.3 Å². The Bertz CT molecular complexity index is 673. The van der Waals surface area contributed by atoms with Crippen molar-refractivity contribution in [2.24, 2.45) is 4.99 Å². The van der Waals surface area contributed by atoms with E-state index in [1.807, 2.05) is 6.07 Å². The van der Waals surface area contributed by atoms with Gasteiger partial charge < -0.3 is 25.2 Å². The van der Waals surface area contributed by atoms with Crippen LogP contribution in [0.1, 0.15) is 19.8 Å². The second-order valence-electron chi connectivity index (χ2n) is 8.25. The maximum absolute atomic E-state index is 5.40. The molecule has 2 fully saturated rings. The van der Waals surface area contributed by atoms with E-state index in [1.165, 1.54) is 12.1 Å². The second kappa shape index (κ2) is 12.6. The SMILES string of the molecule is CCNC(=NCC1CN(C)CCN1C)NC1CCCN(c2cccc(OC)c2)C1.I. The Morgan fingerprint density at radius 2 is 2.03 bits per heavy atom. The first-order valence-corrected chi connectivity index (χ1v) is 10.9. The summed E-state index contributed by atoms with van der Waals surface area (Å²) >= 11 is 0. The normalized spacial score (nSPS) is 23.6. The Morgan fingerprint density at radius 1 is 1.20 bits per heavy atom. The summed E-state index contributed by atoms with van der Waals surface area (Å²) in [5, 5.41) is 7.12. The quantitative estimate of drug-likeness (QED) is 0.334. The number of guanidine groups is 1. The molecule has 2 aliphatic rings. The highest BCUT2D eigenvalue weighted by molar-refractivity contribution is 14.0. The maximum Gasteiger partial charge on any atom is 0.191 e. The molecule has 0 amide bonds. The third-order valence-corrected chi connectivity index (χ3v) is 5.97. The number of methoxy groups -OCH3 is 1. The number of anilines is 1. The number of aliphatic imine (C=N–C) groups is 1. The molecule has 170 valence electrons. The van der Waals surface area contributed by atoms with Gasteiger partial charge in [-0.2, -0.15) is 0 Å². The Labute approximate surface area is 199 Å². The predicted octanol–water partition coefficient (Wildman–Crippen LogP) is 2.08. The summed E-state index contributed by atoms with van der Waals surface area (Å²) in [6.07, 6.45) is 2.33. The van der Waals surface area contributed by atoms with Crippen molar-refractivity contribution in [2.45, 2.75) is 31.8 Å². The number of nitrogens with one attached hydrogen (secondary N) is 2. The van der Waals surface area contributed by atoms with Gasteiger partial charge in [-0.3, -0.25) is 9.89 Å². The molecule has 2 atom stereocenters. The molecule has 2 unspecified atom stereocenters. The van der Waals surface area contributed by atoms with E-state index in [0.29, 0.717) is 12.1 Å². The van der Waals surface area contributed by atoms with Gasteiger partial charge in [0.2, 0.25) is 0 Å². The van der Waals surface area contributed by atoms with E-state index in [2.05, 4.69) is 64.6 Å². The molecule has 0 spiro atoms. The highest BCUT2D eigenvalue weighted by Gasteiger charge is 2.23. The van der Waals surface area contributed by atoms with E-state index in [0.717, 1.165) is 63.9 Å². The van der Waals surface area contributed by atoms with Gasteiger partial charge >= 0.3 is 0 Å². The molecular formula is C22H39IN6O. The number of hydrogen-bond donors (Lipinski definition) is 2. The summed E-state index contributed by atoms with van der Waals surface area (Å²) in [4.78, 5) is 12.2. The Morgan fingerprint density at radius 3 is 2.80 bits per heavy atom. The summed E-state index contributed by atoms with van der Waals surface area (Å²) in [5.41, 5.74) is 1.23. The van der Waals surface area contributed by atoms with E-state index in [1.54, 1.807) is 7.11 Å². The van der Waals surface area contributed by atoms with Crippen molar-refractivity contribution in [3.05, 3.63) is 24.3 Å². The molecule has 0 aromatic heterocycles. The zero-order valence-electron chi connectivity index (χ0n) is 18.9. The number of rotatable bonds is 6. The van der Waals surface area contributed by atoms with Crippen molar-refractivity contribution in [3.63, 3.8) is 0 Å². The number of nitrogens with zero attached hydrogens (tertiary/aromatic N) is 4. The lowest BCUT2D eigenvalue weighted by atomic mass is 10.0. The Kier molecular flexibility index (Phi) is 10.5. The molecule has 2 N–H and O–H groups in total. The summed E-state index contributed by atoms with van der Waals surface area (Å²) < 4.78 is 5.40. The highest BCUT2D eigenvalue weighted by Crippen LogP contribution is 2.24. The van der Waals surface area contributed by atoms with Crippen LogP contribution in [0, 0.1) is 0 Å². The summed E-state index contributed by atoms with van der Waals surface area (Å²) in [7, 11) is 6.13. The number of benzene rings is 1. The third-order valence-electron chi connectivity index (χ3n) is 5.97. The molecule has 1 aromatic rings. The van der Waals surface area contributed by atoms with E-state index >= 15 is 0 Å². The zero-order chi connectivity index (χ0) is 20.6. The van der Waals surface area contributed by atoms with Crippen LogP contribution in [0.5, 0.6) is 5.75 Å². The van der Waals surface area contributed by atoms with Crippen LogP contribution >= 0.6 is 24.0 Å². The number of likely N-dealkylation sites (N-methyl/N-ethyl adjacent to an activating group) is 2. The van der Waals surface area contributed by atoms with Crippen molar-refractivity contribution in [3.8, 4) is 5.75 Å². The molecule has 8 heteroatoms. The van der Waals surface area contributed by atoms with Gasteiger partial charge in [-0.1, -0.05) is 6.07 Å². The number of piperidine rings is 1. The van der Waals surface area contributed by atoms with Crippen LogP contribution in [-0.2, 0) is 0 Å². The van der Waals surface area contributed by atoms with E-state index < -0.39 is 0 Å². The molecule has 3 rings (SSSR count). The fourth-order valence-electron chi connectivity index (χ4n) is 4.15. The first-order chi connectivity index (χ1) is 14.1. The average Bonchev–Trinajstić information content (AvgIpc) is 2.74. The van der Waals surface area contributed by atoms with Crippen LogP contribution in [0.25, 0.3) is 0 Å². The minimum Gasteiger partial charge on any atom is -0.497 e. The summed E-state index contributed by atoms with van der Waals surface area (Å²) in [5.74, 6) is 1.85. The minimum absolute atomic E-state index is 0. The maximum atomic E-state index is 5.40. The van der Waals surface area contributed by atoms with Gasteiger partial charge in [0.05, 0.1) is 13.7 Å². The molecule has 30 heavy (non-hydrogen) atoms. The minimum atomic E-state index is 0. The van der Waals surface area contributed by atoms with Crippen molar-refractivity contribution in [1.29, 1.82) is 0 Å². The van der Waals surface area contributed by atoms with Crippen LogP contribution in [-0.4, -0.2) is 94.9 Å². The zero-order valence-corrected chi connectivity index (χ0v) is 21.3. The standard InChI is InChI=1S/C22H38N6O.HI/c1-5-23-22(24-15-20-17-26(2)12-13-27(20)3)25-18-8-7-11-28(16-18)19-9-6-10-21(14-19)29-4;/h6,9-10,14,18,20H,5,7-8,11-13,15-17H2,1-4H3,(H2,23,24,25);1H. The van der Waals surface area contributed by atoms with Crippen molar-refractivity contribution < 1.29 is 4.74 Å². The number of piperazine rings is 1. The highest BCUT2D eigenvalue weighted by atomic mass is 127. The average molecular weight is 530 g/mol. The molecule has 1 aromatic carbocycles. The van der Waals surface area contributed by atoms with Gasteiger partial charge in [0.15, 0.2) is 5.96 Å². The molecule has 0 radical (unpaired) electrons. The smallest absolute Gasteiger partial charge is 0.191 e. The molecule has 2 heterocycles. The predicted molar refractivity (Wildman–Crippen MR) is 137 cm³/mol. The molecule has 2 saturated heterocycles. The topological polar surface area (TPSA) is 55.4 Å². The van der Waals surface area contributed by atoms with Gasteiger partial charge in [-0.15, -0.1) is 24.0 Å². The molecule has 0 aliphatic carbocycles. The first-order valence-electron chi connectivity index (χ1n) is 10.9. The number of halogens is 1. The van der Waals surface area contributed by atoms with Crippen LogP contribution in [0.2, 0.25) is 0 Å². The van der Waals surface area contributed by atoms with Gasteiger partial charge in [-0.05, 0) is 46.0 Å². The second-order valence-corrected chi connectivity index (χ2v) is 8.25. The monoisotopic (exact) mass is 530 g/mol. The lowest BCUT2D eigenvalue weighted by Gasteiger charge is -2.37. The van der Waals surface area contributed by atoms with Gasteiger partial charge in [0.25, 0.3) is 0 Å². The van der Waals surface area contributed by atoms with Gasteiger partial charge in [0.1, 0.15) is 5.75 Å². The van der Waals surface area contributed by atoms with Crippen molar-refractivity contribution in [2.75, 3.05) is 71.9 Å². The summed E-state index contributed by atoms with van der Waals surface area (Å²) in [6, 6.07) is 9.22. The van der Waals surface area contributed by atoms with Crippen LogP contribution in [0.15, 0.2) is 29.3 Å². The van der Waals surface area contributed by atoms with Crippen molar-refractivity contribution >= 4 is 35.6 Å². The van der Waals surface area contributed by atoms with E-state index in [-0.39, 0.29) is 24.0 Å². The lowest BCUT2D eigenvalue weighted by molar-refractivity contribution is 0.119. The van der Waals surface area contributed by atoms with E-state index in [9.17, 15) is 0 Å². The third kappa shape index (κ3) is 7.16. The van der Waals surface area contributed by atoms with Crippen LogP contribution in [0.4, 0.5) is 5.69 Å². The Balaban J connectivity index is 0.00000320.